The molecule has 0 atom stereocenters. The molecule has 9 aromatic rings. The summed E-state index contributed by atoms with van der Waals surface area (Å²) < 4.78 is 5.48. The Bertz CT molecular complexity index is 2280. The van der Waals surface area contributed by atoms with Crippen LogP contribution in [0, 0.1) is 13.8 Å². The minimum absolute atomic E-state index is 1.29. The molecule has 0 fully saturated rings. The van der Waals surface area contributed by atoms with E-state index in [4.69, 9.17) is 0 Å². The lowest BCUT2D eigenvalue weighted by Crippen LogP contribution is -1.80. The molecule has 0 N–H and O–H groups in total. The van der Waals surface area contributed by atoms with E-state index in [1.165, 1.54) is 92.5 Å². The maximum atomic E-state index is 2.39. The fraction of sp³-hybridized carbons (Fsp3) is 0.0556. The first-order chi connectivity index (χ1) is 19.6. The van der Waals surface area contributed by atoms with E-state index < -0.39 is 0 Å². The Kier molecular flexibility index (Phi) is 4.92. The summed E-state index contributed by atoms with van der Waals surface area (Å²) in [5.41, 5.74) is 2.59. The lowest BCUT2D eigenvalue weighted by atomic mass is 9.99. The van der Waals surface area contributed by atoms with Gasteiger partial charge in [0, 0.05) is 59.9 Å². The third kappa shape index (κ3) is 3.54. The van der Waals surface area contributed by atoms with Crippen LogP contribution in [0.5, 0.6) is 0 Å². The molecule has 0 spiro atoms. The SMILES string of the molecule is Cc1cc2c(ccc3sc(-c4ccc5cc6cc(-c7cc8c(ccc9sc(C)cc98)s7)ccc6cc5c4)cc32)s1. The van der Waals surface area contributed by atoms with E-state index in [-0.39, 0.29) is 0 Å². The third-order valence-corrected chi connectivity index (χ3v) is 12.3. The highest BCUT2D eigenvalue weighted by atomic mass is 32.1. The average Bonchev–Trinajstić information content (AvgIpc) is 3.73. The van der Waals surface area contributed by atoms with Crippen LogP contribution < -0.4 is 0 Å². The van der Waals surface area contributed by atoms with E-state index in [0.717, 1.165) is 0 Å². The lowest BCUT2D eigenvalue weighted by molar-refractivity contribution is 1.66. The molecule has 0 saturated heterocycles. The lowest BCUT2D eigenvalue weighted by Gasteiger charge is -2.07. The summed E-state index contributed by atoms with van der Waals surface area (Å²) in [5, 5.41) is 10.7. The molecule has 0 unspecified atom stereocenters. The van der Waals surface area contributed by atoms with Gasteiger partial charge in [-0.3, -0.25) is 0 Å². The number of benzene rings is 5. The molecule has 190 valence electrons. The Morgan fingerprint density at radius 3 is 1.20 bits per heavy atom. The van der Waals surface area contributed by atoms with Crippen LogP contribution in [0.25, 0.3) is 82.8 Å². The topological polar surface area (TPSA) is 0 Å². The molecule has 0 nitrogen and oxygen atoms in total. The quantitative estimate of drug-likeness (QED) is 0.178. The van der Waals surface area contributed by atoms with Crippen LogP contribution in [0.1, 0.15) is 9.75 Å². The fourth-order valence-electron chi connectivity index (χ4n) is 6.10. The van der Waals surface area contributed by atoms with Gasteiger partial charge in [0.15, 0.2) is 0 Å². The number of hydrogen-bond donors (Lipinski definition) is 0. The van der Waals surface area contributed by atoms with Gasteiger partial charge in [0.2, 0.25) is 0 Å². The molecule has 0 amide bonds. The summed E-state index contributed by atoms with van der Waals surface area (Å²) in [6.45, 7) is 4.40. The maximum Gasteiger partial charge on any atom is 0.0356 e. The second-order valence-electron chi connectivity index (χ2n) is 10.7. The van der Waals surface area contributed by atoms with Gasteiger partial charge in [0.25, 0.3) is 0 Å². The summed E-state index contributed by atoms with van der Waals surface area (Å²) in [4.78, 5) is 5.42. The number of hydrogen-bond acceptors (Lipinski definition) is 4. The average molecular weight is 583 g/mol. The van der Waals surface area contributed by atoms with Crippen molar-refractivity contribution in [2.24, 2.45) is 0 Å². The molecule has 4 heterocycles. The zero-order valence-corrected chi connectivity index (χ0v) is 25.1. The first-order valence-electron chi connectivity index (χ1n) is 13.4. The van der Waals surface area contributed by atoms with Crippen molar-refractivity contribution in [3.63, 3.8) is 0 Å². The van der Waals surface area contributed by atoms with Crippen LogP contribution in [0.4, 0.5) is 0 Å². The van der Waals surface area contributed by atoms with Crippen molar-refractivity contribution in [2.45, 2.75) is 13.8 Å². The Hall–Kier alpha value is -3.54. The minimum Gasteiger partial charge on any atom is -0.141 e. The summed E-state index contributed by atoms with van der Waals surface area (Å²) in [6, 6.07) is 37.2. The van der Waals surface area contributed by atoms with Crippen molar-refractivity contribution in [1.29, 1.82) is 0 Å². The monoisotopic (exact) mass is 582 g/mol. The second kappa shape index (κ2) is 8.48. The smallest absolute Gasteiger partial charge is 0.0356 e. The predicted molar refractivity (Wildman–Crippen MR) is 183 cm³/mol. The summed E-state index contributed by atoms with van der Waals surface area (Å²) in [6.07, 6.45) is 0. The van der Waals surface area contributed by atoms with Crippen LogP contribution in [0.3, 0.4) is 0 Å². The first kappa shape index (κ1) is 23.2. The number of fused-ring (bicyclic) bond motifs is 8. The van der Waals surface area contributed by atoms with E-state index in [9.17, 15) is 0 Å². The molecule has 40 heavy (non-hydrogen) atoms. The van der Waals surface area contributed by atoms with Gasteiger partial charge in [0.05, 0.1) is 0 Å². The first-order valence-corrected chi connectivity index (χ1v) is 16.7. The van der Waals surface area contributed by atoms with Crippen molar-refractivity contribution in [2.75, 3.05) is 0 Å². The van der Waals surface area contributed by atoms with Gasteiger partial charge < -0.3 is 0 Å². The van der Waals surface area contributed by atoms with Gasteiger partial charge in [-0.2, -0.15) is 0 Å². The predicted octanol–water partition coefficient (Wildman–Crippen LogP) is 12.8. The molecule has 0 aliphatic carbocycles. The second-order valence-corrected chi connectivity index (χ2v) is 15.4. The molecule has 0 aliphatic rings. The van der Waals surface area contributed by atoms with Crippen LogP contribution in [-0.2, 0) is 0 Å². The van der Waals surface area contributed by atoms with Crippen molar-refractivity contribution >= 4 is 107 Å². The molecule has 0 aliphatic heterocycles. The molecule has 0 radical (unpaired) electrons. The van der Waals surface area contributed by atoms with Gasteiger partial charge in [-0.15, -0.1) is 45.3 Å². The Morgan fingerprint density at radius 1 is 0.350 bits per heavy atom. The maximum absolute atomic E-state index is 2.39. The highest BCUT2D eigenvalue weighted by molar-refractivity contribution is 7.23. The van der Waals surface area contributed by atoms with Crippen LogP contribution in [-0.4, -0.2) is 0 Å². The molecular formula is C36H22S4. The van der Waals surface area contributed by atoms with Crippen LogP contribution >= 0.6 is 45.3 Å². The normalized spacial score (nSPS) is 12.2. The zero-order valence-electron chi connectivity index (χ0n) is 21.9. The van der Waals surface area contributed by atoms with Gasteiger partial charge in [0.1, 0.15) is 0 Å². The van der Waals surface area contributed by atoms with E-state index in [1.54, 1.807) is 0 Å². The van der Waals surface area contributed by atoms with Gasteiger partial charge >= 0.3 is 0 Å². The molecule has 0 bridgehead atoms. The Morgan fingerprint density at radius 2 is 0.750 bits per heavy atom. The zero-order chi connectivity index (χ0) is 26.5. The summed E-state index contributed by atoms with van der Waals surface area (Å²) >= 11 is 7.56. The number of rotatable bonds is 2. The summed E-state index contributed by atoms with van der Waals surface area (Å²) in [7, 11) is 0. The fourth-order valence-corrected chi connectivity index (χ4v) is 10.1. The highest BCUT2D eigenvalue weighted by Gasteiger charge is 2.12. The molecule has 9 rings (SSSR count). The highest BCUT2D eigenvalue weighted by Crippen LogP contribution is 2.42. The number of thiophene rings is 4. The van der Waals surface area contributed by atoms with E-state index in [2.05, 4.69) is 111 Å². The number of aryl methyl sites for hydroxylation is 2. The van der Waals surface area contributed by atoms with Gasteiger partial charge in [-0.05, 0) is 119 Å². The molecule has 4 heteroatoms. The molecule has 5 aromatic carbocycles. The molecular weight excluding hydrogens is 561 g/mol. The summed E-state index contributed by atoms with van der Waals surface area (Å²) in [5.74, 6) is 0. The van der Waals surface area contributed by atoms with E-state index in [1.807, 2.05) is 45.3 Å². The third-order valence-electron chi connectivity index (χ3n) is 8.01. The Balaban J connectivity index is 1.13. The van der Waals surface area contributed by atoms with Gasteiger partial charge in [-0.25, -0.2) is 0 Å². The van der Waals surface area contributed by atoms with E-state index >= 15 is 0 Å². The minimum atomic E-state index is 1.29. The van der Waals surface area contributed by atoms with Crippen LogP contribution in [0.2, 0.25) is 0 Å². The standard InChI is InChI=1S/C36H22S4/c1-19-11-27-29-17-35(39-33(29)9-7-31(27)37-19)23-5-3-21-14-26-16-24(6-4-22(26)13-25(21)15-23)36-18-30-28-12-20(2)38-32(28)8-10-34(30)40-36/h3-18H,1-2H3. The van der Waals surface area contributed by atoms with Crippen molar-refractivity contribution in [3.8, 4) is 20.9 Å². The molecule has 4 aromatic heterocycles. The van der Waals surface area contributed by atoms with E-state index in [0.29, 0.717) is 0 Å². The molecule has 0 saturated carbocycles. The largest absolute Gasteiger partial charge is 0.141 e. The van der Waals surface area contributed by atoms with Crippen molar-refractivity contribution < 1.29 is 0 Å². The van der Waals surface area contributed by atoms with Gasteiger partial charge in [-0.1, -0.05) is 24.3 Å². The van der Waals surface area contributed by atoms with Crippen molar-refractivity contribution in [1.82, 2.24) is 0 Å². The van der Waals surface area contributed by atoms with Crippen LogP contribution in [0.15, 0.2) is 97.1 Å². The van der Waals surface area contributed by atoms with Crippen molar-refractivity contribution in [3.05, 3.63) is 107 Å². The Labute approximate surface area is 247 Å².